The van der Waals surface area contributed by atoms with Crippen molar-refractivity contribution in [3.05, 3.63) is 48.0 Å². The van der Waals surface area contributed by atoms with E-state index in [2.05, 4.69) is 25.9 Å². The average Bonchev–Trinajstić information content (AvgIpc) is 2.56. The van der Waals surface area contributed by atoms with Crippen molar-refractivity contribution in [3.63, 3.8) is 0 Å². The maximum Gasteiger partial charge on any atom is 0.246 e. The highest BCUT2D eigenvalue weighted by molar-refractivity contribution is 6.08. The van der Waals surface area contributed by atoms with Gasteiger partial charge in [0.25, 0.3) is 0 Å². The fourth-order valence-corrected chi connectivity index (χ4v) is 3.62. The first kappa shape index (κ1) is 16.3. The van der Waals surface area contributed by atoms with Crippen LogP contribution in [-0.2, 0) is 9.57 Å². The molecule has 1 aliphatic heterocycles. The van der Waals surface area contributed by atoms with Crippen LogP contribution in [0.25, 0.3) is 0 Å². The number of rotatable bonds is 4. The van der Waals surface area contributed by atoms with Crippen molar-refractivity contribution in [2.24, 2.45) is 22.9 Å². The number of oxime groups is 1. The van der Waals surface area contributed by atoms with Crippen molar-refractivity contribution < 1.29 is 9.57 Å². The lowest BCUT2D eigenvalue weighted by Crippen LogP contribution is -2.37. The van der Waals surface area contributed by atoms with Crippen LogP contribution < -0.4 is 0 Å². The van der Waals surface area contributed by atoms with Crippen molar-refractivity contribution in [3.8, 4) is 0 Å². The van der Waals surface area contributed by atoms with Crippen LogP contribution in [0.4, 0.5) is 0 Å². The summed E-state index contributed by atoms with van der Waals surface area (Å²) >= 11 is 0. The Balaban J connectivity index is 1.61. The zero-order valence-corrected chi connectivity index (χ0v) is 14.3. The molecule has 0 unspecified atom stereocenters. The van der Waals surface area contributed by atoms with Gasteiger partial charge in [-0.3, -0.25) is 0 Å². The summed E-state index contributed by atoms with van der Waals surface area (Å²) in [7, 11) is 0. The van der Waals surface area contributed by atoms with Crippen molar-refractivity contribution in [1.82, 2.24) is 0 Å². The number of nitrogens with zero attached hydrogens (tertiary/aromatic N) is 1. The summed E-state index contributed by atoms with van der Waals surface area (Å²) in [6.45, 7) is 6.90. The van der Waals surface area contributed by atoms with E-state index in [0.717, 1.165) is 23.6 Å². The zero-order chi connectivity index (χ0) is 16.2. The highest BCUT2D eigenvalue weighted by atomic mass is 16.8. The third-order valence-electron chi connectivity index (χ3n) is 5.01. The van der Waals surface area contributed by atoms with Crippen LogP contribution in [0.3, 0.4) is 0 Å². The number of hydrogen-bond acceptors (Lipinski definition) is 3. The van der Waals surface area contributed by atoms with Crippen molar-refractivity contribution in [2.75, 3.05) is 0 Å². The molecule has 23 heavy (non-hydrogen) atoms. The molecular weight excluding hydrogens is 286 g/mol. The maximum absolute atomic E-state index is 6.24. The lowest BCUT2D eigenvalue weighted by atomic mass is 9.75. The molecule has 1 aromatic rings. The van der Waals surface area contributed by atoms with Crippen LogP contribution in [0, 0.1) is 17.8 Å². The Morgan fingerprint density at radius 2 is 1.96 bits per heavy atom. The van der Waals surface area contributed by atoms with Crippen LogP contribution in [-0.4, -0.2) is 18.1 Å². The van der Waals surface area contributed by atoms with Crippen LogP contribution >= 0.6 is 0 Å². The smallest absolute Gasteiger partial charge is 0.246 e. The summed E-state index contributed by atoms with van der Waals surface area (Å²) in [6.07, 6.45) is 7.55. The Kier molecular flexibility index (Phi) is 5.16. The van der Waals surface area contributed by atoms with Gasteiger partial charge >= 0.3 is 0 Å². The van der Waals surface area contributed by atoms with Gasteiger partial charge < -0.3 is 9.57 Å². The molecule has 0 bridgehead atoms. The highest BCUT2D eigenvalue weighted by Crippen LogP contribution is 2.36. The largest absolute Gasteiger partial charge is 0.359 e. The zero-order valence-electron chi connectivity index (χ0n) is 14.3. The summed E-state index contributed by atoms with van der Waals surface area (Å²) in [5.74, 6) is 1.98. The highest BCUT2D eigenvalue weighted by Gasteiger charge is 2.33. The molecule has 0 N–H and O–H groups in total. The van der Waals surface area contributed by atoms with Gasteiger partial charge in [-0.25, -0.2) is 0 Å². The molecule has 0 amide bonds. The molecule has 3 nitrogen and oxygen atoms in total. The second-order valence-corrected chi connectivity index (χ2v) is 7.18. The molecular formula is C20H27NO2. The van der Waals surface area contributed by atoms with E-state index >= 15 is 0 Å². The maximum atomic E-state index is 6.24. The fraction of sp³-hybridized carbons (Fsp3) is 0.550. The summed E-state index contributed by atoms with van der Waals surface area (Å²) in [5.41, 5.74) is 1.91. The molecule has 1 fully saturated rings. The third-order valence-corrected chi connectivity index (χ3v) is 5.01. The summed E-state index contributed by atoms with van der Waals surface area (Å²) in [4.78, 5) is 5.59. The predicted octanol–water partition coefficient (Wildman–Crippen LogP) is 4.78. The van der Waals surface area contributed by atoms with Crippen molar-refractivity contribution in [2.45, 2.75) is 52.4 Å². The van der Waals surface area contributed by atoms with E-state index in [-0.39, 0.29) is 12.4 Å². The van der Waals surface area contributed by atoms with Crippen molar-refractivity contribution >= 4 is 5.71 Å². The summed E-state index contributed by atoms with van der Waals surface area (Å²) in [6, 6.07) is 10.1. The first-order valence-corrected chi connectivity index (χ1v) is 8.76. The molecule has 0 aromatic heterocycles. The van der Waals surface area contributed by atoms with E-state index in [1.54, 1.807) is 0 Å². The van der Waals surface area contributed by atoms with Gasteiger partial charge in [0.1, 0.15) is 5.71 Å². The van der Waals surface area contributed by atoms with Crippen LogP contribution in [0.15, 0.2) is 47.6 Å². The van der Waals surface area contributed by atoms with Gasteiger partial charge in [0, 0.05) is 5.56 Å². The molecule has 124 valence electrons. The Hall–Kier alpha value is -1.61. The SMILES string of the molecule is CC(C)[C@@H]1CC[C@@H](C)C[C@H]1O[C@H]1C=CC(c2ccccc2)=NO1. The van der Waals surface area contributed by atoms with Gasteiger partial charge in [0.05, 0.1) is 6.10 Å². The van der Waals surface area contributed by atoms with Gasteiger partial charge in [-0.15, -0.1) is 0 Å². The predicted molar refractivity (Wildman–Crippen MR) is 93.2 cm³/mol. The Bertz CT molecular complexity index is 564. The number of hydrogen-bond donors (Lipinski definition) is 0. The van der Waals surface area contributed by atoms with Gasteiger partial charge in [-0.2, -0.15) is 0 Å². The first-order chi connectivity index (χ1) is 11.1. The van der Waals surface area contributed by atoms with Gasteiger partial charge in [0.15, 0.2) is 0 Å². The van der Waals surface area contributed by atoms with E-state index in [1.165, 1.54) is 12.8 Å². The van der Waals surface area contributed by atoms with Gasteiger partial charge in [0.2, 0.25) is 6.29 Å². The standard InChI is InChI=1S/C20H27NO2/c1-14(2)17-10-9-15(3)13-19(17)22-20-12-11-18(21-23-20)16-7-5-4-6-8-16/h4-8,11-12,14-15,17,19-20H,9-10,13H2,1-3H3/t15-,17+,19-,20-/m1/s1. The quantitative estimate of drug-likeness (QED) is 0.801. The van der Waals surface area contributed by atoms with Gasteiger partial charge in [-0.05, 0) is 42.7 Å². The minimum absolute atomic E-state index is 0.266. The molecule has 0 radical (unpaired) electrons. The van der Waals surface area contributed by atoms with Crippen LogP contribution in [0.5, 0.6) is 0 Å². The minimum Gasteiger partial charge on any atom is -0.359 e. The molecule has 3 heteroatoms. The molecule has 1 saturated carbocycles. The van der Waals surface area contributed by atoms with E-state index in [0.29, 0.717) is 11.8 Å². The second-order valence-electron chi connectivity index (χ2n) is 7.18. The summed E-state index contributed by atoms with van der Waals surface area (Å²) in [5, 5.41) is 4.24. The number of benzene rings is 1. The van der Waals surface area contributed by atoms with Gasteiger partial charge in [-0.1, -0.05) is 62.7 Å². The second kappa shape index (κ2) is 7.31. The van der Waals surface area contributed by atoms with E-state index in [4.69, 9.17) is 9.57 Å². The fourth-order valence-electron chi connectivity index (χ4n) is 3.62. The Morgan fingerprint density at radius 1 is 1.17 bits per heavy atom. The lowest BCUT2D eigenvalue weighted by molar-refractivity contribution is -0.172. The minimum atomic E-state index is -0.362. The molecule has 3 rings (SSSR count). The molecule has 1 aromatic carbocycles. The van der Waals surface area contributed by atoms with E-state index in [1.807, 2.05) is 42.5 Å². The summed E-state index contributed by atoms with van der Waals surface area (Å²) < 4.78 is 6.24. The first-order valence-electron chi connectivity index (χ1n) is 8.76. The molecule has 1 heterocycles. The third kappa shape index (κ3) is 4.03. The molecule has 0 saturated heterocycles. The topological polar surface area (TPSA) is 30.8 Å². The lowest BCUT2D eigenvalue weighted by Gasteiger charge is -2.38. The number of allylic oxidation sites excluding steroid dienone is 1. The monoisotopic (exact) mass is 313 g/mol. The van der Waals surface area contributed by atoms with E-state index < -0.39 is 0 Å². The average molecular weight is 313 g/mol. The molecule has 2 aliphatic rings. The Morgan fingerprint density at radius 3 is 2.61 bits per heavy atom. The molecule has 4 atom stereocenters. The normalized spacial score (nSPS) is 30.9. The van der Waals surface area contributed by atoms with Crippen LogP contribution in [0.1, 0.15) is 45.6 Å². The van der Waals surface area contributed by atoms with Crippen LogP contribution in [0.2, 0.25) is 0 Å². The molecule has 0 spiro atoms. The number of ether oxygens (including phenoxy) is 1. The Labute approximate surface area is 139 Å². The van der Waals surface area contributed by atoms with Crippen molar-refractivity contribution in [1.29, 1.82) is 0 Å². The van der Waals surface area contributed by atoms with E-state index in [9.17, 15) is 0 Å². The molecule has 1 aliphatic carbocycles.